The zero-order chi connectivity index (χ0) is 15.0. The highest BCUT2D eigenvalue weighted by molar-refractivity contribution is 5.52. The standard InChI is InChI=1S/C13H15N5O3/c14-11-5-4-10(18(20)21)7-9(11)8-17-13(19)16-6-2-1-3-12(16)15-17/h4-5,7H,1-3,6,8,14H2. The van der Waals surface area contributed by atoms with Gasteiger partial charge in [-0.25, -0.2) is 9.48 Å². The summed E-state index contributed by atoms with van der Waals surface area (Å²) in [5, 5.41) is 15.1. The molecule has 0 unspecified atom stereocenters. The van der Waals surface area contributed by atoms with Gasteiger partial charge in [0, 0.05) is 36.3 Å². The molecule has 8 nitrogen and oxygen atoms in total. The van der Waals surface area contributed by atoms with Gasteiger partial charge in [-0.1, -0.05) is 0 Å². The molecule has 1 aliphatic heterocycles. The number of fused-ring (bicyclic) bond motifs is 1. The van der Waals surface area contributed by atoms with Crippen LogP contribution in [-0.2, 0) is 19.5 Å². The minimum absolute atomic E-state index is 0.0452. The van der Waals surface area contributed by atoms with Crippen molar-refractivity contribution >= 4 is 11.4 Å². The molecule has 1 aromatic carbocycles. The second kappa shape index (κ2) is 5.04. The summed E-state index contributed by atoms with van der Waals surface area (Å²) >= 11 is 0. The SMILES string of the molecule is Nc1ccc([N+](=O)[O-])cc1Cn1nc2n(c1=O)CCCC2. The highest BCUT2D eigenvalue weighted by Crippen LogP contribution is 2.20. The van der Waals surface area contributed by atoms with Gasteiger partial charge in [0.15, 0.2) is 0 Å². The number of non-ortho nitro benzene ring substituents is 1. The molecule has 2 heterocycles. The van der Waals surface area contributed by atoms with Crippen molar-refractivity contribution in [2.45, 2.75) is 32.4 Å². The Labute approximate surface area is 119 Å². The molecule has 0 atom stereocenters. The number of anilines is 1. The Balaban J connectivity index is 1.97. The van der Waals surface area contributed by atoms with Crippen LogP contribution in [-0.4, -0.2) is 19.3 Å². The smallest absolute Gasteiger partial charge is 0.346 e. The molecular weight excluding hydrogens is 274 g/mol. The number of nitro groups is 1. The molecule has 0 aliphatic carbocycles. The first-order valence-electron chi connectivity index (χ1n) is 6.75. The van der Waals surface area contributed by atoms with Crippen molar-refractivity contribution in [3.8, 4) is 0 Å². The van der Waals surface area contributed by atoms with Crippen LogP contribution >= 0.6 is 0 Å². The number of nitrogen functional groups attached to an aromatic ring is 1. The largest absolute Gasteiger partial charge is 0.398 e. The van der Waals surface area contributed by atoms with Crippen LogP contribution in [0, 0.1) is 10.1 Å². The summed E-state index contributed by atoms with van der Waals surface area (Å²) in [6.45, 7) is 0.824. The summed E-state index contributed by atoms with van der Waals surface area (Å²) in [5.41, 5.74) is 6.55. The zero-order valence-corrected chi connectivity index (χ0v) is 11.4. The fourth-order valence-electron chi connectivity index (χ4n) is 2.56. The van der Waals surface area contributed by atoms with Gasteiger partial charge in [-0.3, -0.25) is 14.7 Å². The van der Waals surface area contributed by atoms with Gasteiger partial charge in [0.25, 0.3) is 5.69 Å². The van der Waals surface area contributed by atoms with Crippen LogP contribution in [0.25, 0.3) is 0 Å². The van der Waals surface area contributed by atoms with Crippen molar-refractivity contribution < 1.29 is 4.92 Å². The molecule has 0 bridgehead atoms. The maximum atomic E-state index is 12.2. The van der Waals surface area contributed by atoms with Crippen LogP contribution in [0.1, 0.15) is 24.2 Å². The van der Waals surface area contributed by atoms with Gasteiger partial charge in [0.1, 0.15) is 5.82 Å². The van der Waals surface area contributed by atoms with E-state index in [-0.39, 0.29) is 17.9 Å². The Hall–Kier alpha value is -2.64. The first-order valence-corrected chi connectivity index (χ1v) is 6.75. The third-order valence-electron chi connectivity index (χ3n) is 3.69. The molecule has 0 amide bonds. The third-order valence-corrected chi connectivity index (χ3v) is 3.69. The lowest BCUT2D eigenvalue weighted by Gasteiger charge is -2.09. The lowest BCUT2D eigenvalue weighted by molar-refractivity contribution is -0.384. The molecule has 0 radical (unpaired) electrons. The normalized spacial score (nSPS) is 13.9. The Kier molecular flexibility index (Phi) is 3.20. The van der Waals surface area contributed by atoms with Crippen LogP contribution in [0.5, 0.6) is 0 Å². The molecule has 21 heavy (non-hydrogen) atoms. The highest BCUT2D eigenvalue weighted by Gasteiger charge is 2.18. The molecule has 0 fully saturated rings. The fraction of sp³-hybridized carbons (Fsp3) is 0.385. The third kappa shape index (κ3) is 2.39. The van der Waals surface area contributed by atoms with Crippen molar-refractivity contribution in [3.63, 3.8) is 0 Å². The predicted molar refractivity (Wildman–Crippen MR) is 76.0 cm³/mol. The number of rotatable bonds is 3. The van der Waals surface area contributed by atoms with Crippen LogP contribution in [0.3, 0.4) is 0 Å². The number of hydrogen-bond acceptors (Lipinski definition) is 5. The number of nitro benzene ring substituents is 1. The van der Waals surface area contributed by atoms with E-state index in [1.807, 2.05) is 0 Å². The Morgan fingerprint density at radius 2 is 2.19 bits per heavy atom. The maximum Gasteiger partial charge on any atom is 0.346 e. The van der Waals surface area contributed by atoms with E-state index in [1.54, 1.807) is 4.57 Å². The number of nitrogens with zero attached hydrogens (tertiary/aromatic N) is 4. The van der Waals surface area contributed by atoms with Gasteiger partial charge < -0.3 is 5.73 Å². The molecule has 3 rings (SSSR count). The number of benzene rings is 1. The monoisotopic (exact) mass is 289 g/mol. The Morgan fingerprint density at radius 1 is 1.38 bits per heavy atom. The van der Waals surface area contributed by atoms with E-state index in [0.29, 0.717) is 17.8 Å². The molecule has 0 saturated heterocycles. The number of aromatic nitrogens is 3. The predicted octanol–water partition coefficient (Wildman–Crippen LogP) is 0.920. The van der Waals surface area contributed by atoms with E-state index in [1.165, 1.54) is 22.9 Å². The lowest BCUT2D eigenvalue weighted by atomic mass is 10.1. The summed E-state index contributed by atoms with van der Waals surface area (Å²) in [5.74, 6) is 0.773. The summed E-state index contributed by atoms with van der Waals surface area (Å²) in [4.78, 5) is 22.6. The van der Waals surface area contributed by atoms with Gasteiger partial charge in [-0.05, 0) is 18.9 Å². The molecule has 2 N–H and O–H groups in total. The van der Waals surface area contributed by atoms with Crippen molar-refractivity contribution in [2.75, 3.05) is 5.73 Å². The van der Waals surface area contributed by atoms with Crippen LogP contribution in [0.4, 0.5) is 11.4 Å². The fourth-order valence-corrected chi connectivity index (χ4v) is 2.56. The van der Waals surface area contributed by atoms with Gasteiger partial charge in [-0.2, -0.15) is 5.10 Å². The van der Waals surface area contributed by atoms with Crippen molar-refractivity contribution in [1.29, 1.82) is 0 Å². The van der Waals surface area contributed by atoms with E-state index in [4.69, 9.17) is 5.73 Å². The average Bonchev–Trinajstić information content (AvgIpc) is 2.78. The quantitative estimate of drug-likeness (QED) is 0.513. The second-order valence-electron chi connectivity index (χ2n) is 5.11. The Morgan fingerprint density at radius 3 is 2.90 bits per heavy atom. The highest BCUT2D eigenvalue weighted by atomic mass is 16.6. The molecule has 1 aliphatic rings. The van der Waals surface area contributed by atoms with Gasteiger partial charge in [-0.15, -0.1) is 0 Å². The Bertz CT molecular complexity index is 762. The molecular formula is C13H15N5O3. The van der Waals surface area contributed by atoms with Crippen LogP contribution < -0.4 is 11.4 Å². The summed E-state index contributed by atoms with van der Waals surface area (Å²) in [7, 11) is 0. The minimum atomic E-state index is -0.482. The number of hydrogen-bond donors (Lipinski definition) is 1. The minimum Gasteiger partial charge on any atom is -0.398 e. The van der Waals surface area contributed by atoms with Crippen molar-refractivity contribution in [1.82, 2.24) is 14.3 Å². The number of nitrogens with two attached hydrogens (primary N) is 1. The van der Waals surface area contributed by atoms with Crippen molar-refractivity contribution in [3.05, 3.63) is 50.2 Å². The first-order chi connectivity index (χ1) is 10.1. The second-order valence-corrected chi connectivity index (χ2v) is 5.11. The van der Waals surface area contributed by atoms with Crippen LogP contribution in [0.15, 0.2) is 23.0 Å². The van der Waals surface area contributed by atoms with E-state index >= 15 is 0 Å². The van der Waals surface area contributed by atoms with E-state index in [9.17, 15) is 14.9 Å². The lowest BCUT2D eigenvalue weighted by Crippen LogP contribution is -2.27. The van der Waals surface area contributed by atoms with Gasteiger partial charge >= 0.3 is 5.69 Å². The summed E-state index contributed by atoms with van der Waals surface area (Å²) in [6, 6.07) is 4.22. The van der Waals surface area contributed by atoms with Crippen molar-refractivity contribution in [2.24, 2.45) is 0 Å². The summed E-state index contributed by atoms with van der Waals surface area (Å²) < 4.78 is 2.99. The summed E-state index contributed by atoms with van der Waals surface area (Å²) in [6.07, 6.45) is 2.78. The zero-order valence-electron chi connectivity index (χ0n) is 11.4. The van der Waals surface area contributed by atoms with E-state index in [0.717, 1.165) is 25.1 Å². The van der Waals surface area contributed by atoms with Crippen LogP contribution in [0.2, 0.25) is 0 Å². The van der Waals surface area contributed by atoms with E-state index < -0.39 is 4.92 Å². The average molecular weight is 289 g/mol. The van der Waals surface area contributed by atoms with Gasteiger partial charge in [0.05, 0.1) is 11.5 Å². The molecule has 0 spiro atoms. The topological polar surface area (TPSA) is 109 Å². The molecule has 1 aromatic heterocycles. The number of aryl methyl sites for hydroxylation is 1. The molecule has 0 saturated carbocycles. The molecule has 110 valence electrons. The maximum absolute atomic E-state index is 12.2. The van der Waals surface area contributed by atoms with E-state index in [2.05, 4.69) is 5.10 Å². The van der Waals surface area contributed by atoms with Gasteiger partial charge in [0.2, 0.25) is 0 Å². The molecule has 8 heteroatoms. The first kappa shape index (κ1) is 13.3. The molecule has 2 aromatic rings.